The van der Waals surface area contributed by atoms with Crippen LogP contribution in [-0.4, -0.2) is 19.5 Å². The van der Waals surface area contributed by atoms with E-state index < -0.39 is 0 Å². The molecular weight excluding hydrogens is 592 g/mol. The van der Waals surface area contributed by atoms with Crippen molar-refractivity contribution in [3.63, 3.8) is 0 Å². The molecule has 48 heavy (non-hydrogen) atoms. The molecule has 0 atom stereocenters. The summed E-state index contributed by atoms with van der Waals surface area (Å²) in [6.07, 6.45) is 0. The molecule has 0 spiro atoms. The van der Waals surface area contributed by atoms with Gasteiger partial charge in [-0.15, -0.1) is 0 Å². The van der Waals surface area contributed by atoms with Crippen LogP contribution in [0.5, 0.6) is 11.5 Å². The Balaban J connectivity index is 1.33. The van der Waals surface area contributed by atoms with Gasteiger partial charge in [-0.3, -0.25) is 4.57 Å². The van der Waals surface area contributed by atoms with Crippen LogP contribution in [0.3, 0.4) is 0 Å². The number of aromatic nitrogens is 4. The average Bonchev–Trinajstić information content (AvgIpc) is 3.67. The van der Waals surface area contributed by atoms with Gasteiger partial charge in [0.25, 0.3) is 0 Å². The second-order valence-corrected chi connectivity index (χ2v) is 12.8. The van der Waals surface area contributed by atoms with Crippen molar-refractivity contribution in [1.82, 2.24) is 19.5 Å². The number of rotatable bonds is 3. The first-order valence-electron chi connectivity index (χ1n) is 16.1. The summed E-state index contributed by atoms with van der Waals surface area (Å²) in [6.45, 7) is 4.54. The SMILES string of the molecule is CC1(C)c2ccccc2Oc2ccc3c4ccccc4n(-c4nc(-c5ccccc5)nc(-c5cccc6oc7ccccc7c56)n4)c3c21. The van der Waals surface area contributed by atoms with E-state index in [1.807, 2.05) is 72.8 Å². The molecular formula is C42H28N4O2. The number of fused-ring (bicyclic) bond motifs is 9. The highest BCUT2D eigenvalue weighted by molar-refractivity contribution is 6.13. The third kappa shape index (κ3) is 3.77. The summed E-state index contributed by atoms with van der Waals surface area (Å²) in [5.74, 6) is 3.43. The fourth-order valence-corrected chi connectivity index (χ4v) is 7.52. The third-order valence-electron chi connectivity index (χ3n) is 9.70. The van der Waals surface area contributed by atoms with Crippen LogP contribution < -0.4 is 4.74 Å². The van der Waals surface area contributed by atoms with Crippen molar-refractivity contribution in [2.45, 2.75) is 19.3 Å². The monoisotopic (exact) mass is 620 g/mol. The average molecular weight is 621 g/mol. The zero-order chi connectivity index (χ0) is 32.0. The first-order chi connectivity index (χ1) is 23.6. The van der Waals surface area contributed by atoms with Crippen molar-refractivity contribution in [3.05, 3.63) is 145 Å². The van der Waals surface area contributed by atoms with Gasteiger partial charge in [-0.05, 0) is 36.4 Å². The highest BCUT2D eigenvalue weighted by atomic mass is 16.5. The van der Waals surface area contributed by atoms with Gasteiger partial charge in [0.15, 0.2) is 11.6 Å². The molecule has 0 saturated carbocycles. The van der Waals surface area contributed by atoms with E-state index in [4.69, 9.17) is 24.1 Å². The molecule has 0 bridgehead atoms. The molecule has 10 rings (SSSR count). The Kier molecular flexibility index (Phi) is 5.53. The highest BCUT2D eigenvalue weighted by Crippen LogP contribution is 2.52. The molecule has 9 aromatic rings. The molecule has 0 aliphatic carbocycles. The molecule has 0 fully saturated rings. The number of para-hydroxylation sites is 3. The van der Waals surface area contributed by atoms with Gasteiger partial charge in [0.1, 0.15) is 22.7 Å². The molecule has 0 unspecified atom stereocenters. The Bertz CT molecular complexity index is 2740. The Hall–Kier alpha value is -6.27. The second-order valence-electron chi connectivity index (χ2n) is 12.8. The lowest BCUT2D eigenvalue weighted by molar-refractivity contribution is 0.420. The van der Waals surface area contributed by atoms with Gasteiger partial charge in [-0.25, -0.2) is 4.98 Å². The molecule has 0 amide bonds. The summed E-state index contributed by atoms with van der Waals surface area (Å²) in [6, 6.07) is 45.3. The quantitative estimate of drug-likeness (QED) is 0.197. The van der Waals surface area contributed by atoms with Crippen molar-refractivity contribution < 1.29 is 9.15 Å². The lowest BCUT2D eigenvalue weighted by atomic mass is 9.75. The van der Waals surface area contributed by atoms with Crippen LogP contribution >= 0.6 is 0 Å². The van der Waals surface area contributed by atoms with Crippen molar-refractivity contribution in [3.8, 4) is 40.2 Å². The van der Waals surface area contributed by atoms with Gasteiger partial charge in [0, 0.05) is 49.2 Å². The first kappa shape index (κ1) is 26.9. The molecule has 3 aromatic heterocycles. The van der Waals surface area contributed by atoms with Gasteiger partial charge in [-0.2, -0.15) is 9.97 Å². The predicted octanol–water partition coefficient (Wildman–Crippen LogP) is 10.6. The maximum Gasteiger partial charge on any atom is 0.238 e. The van der Waals surface area contributed by atoms with E-state index in [-0.39, 0.29) is 5.41 Å². The minimum Gasteiger partial charge on any atom is -0.457 e. The molecule has 1 aliphatic rings. The minimum atomic E-state index is -0.366. The van der Waals surface area contributed by atoms with Gasteiger partial charge >= 0.3 is 0 Å². The fraction of sp³-hybridized carbons (Fsp3) is 0.0714. The topological polar surface area (TPSA) is 66.0 Å². The van der Waals surface area contributed by atoms with E-state index in [0.717, 1.165) is 77.5 Å². The fourth-order valence-electron chi connectivity index (χ4n) is 7.52. The van der Waals surface area contributed by atoms with Crippen LogP contribution in [-0.2, 0) is 5.41 Å². The lowest BCUT2D eigenvalue weighted by Gasteiger charge is -2.35. The van der Waals surface area contributed by atoms with Crippen LogP contribution in [0.2, 0.25) is 0 Å². The van der Waals surface area contributed by atoms with E-state index in [9.17, 15) is 0 Å². The number of hydrogen-bond donors (Lipinski definition) is 0. The van der Waals surface area contributed by atoms with Gasteiger partial charge in [0.05, 0.1) is 11.0 Å². The van der Waals surface area contributed by atoms with Crippen molar-refractivity contribution in [2.75, 3.05) is 0 Å². The summed E-state index contributed by atoms with van der Waals surface area (Å²) in [5, 5.41) is 4.24. The molecule has 4 heterocycles. The Morgan fingerprint density at radius 1 is 0.562 bits per heavy atom. The first-order valence-corrected chi connectivity index (χ1v) is 16.1. The summed E-state index contributed by atoms with van der Waals surface area (Å²) in [5.41, 5.74) is 7.33. The molecule has 6 heteroatoms. The zero-order valence-electron chi connectivity index (χ0n) is 26.3. The Morgan fingerprint density at radius 3 is 2.19 bits per heavy atom. The van der Waals surface area contributed by atoms with E-state index in [1.165, 1.54) is 0 Å². The molecule has 0 saturated heterocycles. The largest absolute Gasteiger partial charge is 0.457 e. The molecule has 0 N–H and O–H groups in total. The third-order valence-corrected chi connectivity index (χ3v) is 9.70. The standard InChI is InChI=1S/C42H28N4O2/c1-42(2)30-18-8-11-21-33(30)48-35-24-23-27-26-15-6-9-19-31(26)46(38(27)37(35)42)41-44-39(25-13-4-3-5-14-25)43-40(45-41)29-17-12-22-34-36(29)28-16-7-10-20-32(28)47-34/h3-24H,1-2H3. The number of hydrogen-bond acceptors (Lipinski definition) is 5. The molecule has 0 radical (unpaired) electrons. The van der Waals surface area contributed by atoms with E-state index in [2.05, 4.69) is 79.1 Å². The Morgan fingerprint density at radius 2 is 1.29 bits per heavy atom. The molecule has 1 aliphatic heterocycles. The van der Waals surface area contributed by atoms with Gasteiger partial charge in [-0.1, -0.05) is 111 Å². The van der Waals surface area contributed by atoms with Crippen LogP contribution in [0.15, 0.2) is 138 Å². The van der Waals surface area contributed by atoms with Crippen molar-refractivity contribution >= 4 is 43.7 Å². The summed E-state index contributed by atoms with van der Waals surface area (Å²) < 4.78 is 15.1. The normalized spacial score (nSPS) is 13.5. The van der Waals surface area contributed by atoms with Crippen LogP contribution in [0, 0.1) is 0 Å². The number of ether oxygens (including phenoxy) is 1. The number of furan rings is 1. The van der Waals surface area contributed by atoms with Gasteiger partial charge in [0.2, 0.25) is 5.95 Å². The summed E-state index contributed by atoms with van der Waals surface area (Å²) in [4.78, 5) is 15.7. The van der Waals surface area contributed by atoms with E-state index >= 15 is 0 Å². The second kappa shape index (κ2) is 9.86. The smallest absolute Gasteiger partial charge is 0.238 e. The minimum absolute atomic E-state index is 0.366. The lowest BCUT2D eigenvalue weighted by Crippen LogP contribution is -2.25. The van der Waals surface area contributed by atoms with E-state index in [1.54, 1.807) is 0 Å². The maximum absolute atomic E-state index is 6.60. The van der Waals surface area contributed by atoms with Crippen molar-refractivity contribution in [2.24, 2.45) is 0 Å². The maximum atomic E-state index is 6.60. The van der Waals surface area contributed by atoms with E-state index in [0.29, 0.717) is 17.6 Å². The van der Waals surface area contributed by atoms with Crippen molar-refractivity contribution in [1.29, 1.82) is 0 Å². The molecule has 6 nitrogen and oxygen atoms in total. The van der Waals surface area contributed by atoms with Gasteiger partial charge < -0.3 is 9.15 Å². The van der Waals surface area contributed by atoms with Crippen LogP contribution in [0.4, 0.5) is 0 Å². The highest BCUT2D eigenvalue weighted by Gasteiger charge is 2.37. The zero-order valence-corrected chi connectivity index (χ0v) is 26.3. The molecule has 228 valence electrons. The summed E-state index contributed by atoms with van der Waals surface area (Å²) >= 11 is 0. The van der Waals surface area contributed by atoms with Crippen LogP contribution in [0.1, 0.15) is 25.0 Å². The number of nitrogens with zero attached hydrogens (tertiary/aromatic N) is 4. The van der Waals surface area contributed by atoms with Crippen LogP contribution in [0.25, 0.3) is 72.5 Å². The summed E-state index contributed by atoms with van der Waals surface area (Å²) in [7, 11) is 0. The Labute approximate surface area is 275 Å². The number of benzene rings is 6. The predicted molar refractivity (Wildman–Crippen MR) is 191 cm³/mol. The molecule has 6 aromatic carbocycles.